The van der Waals surface area contributed by atoms with Crippen LogP contribution in [-0.2, 0) is 27.6 Å². The van der Waals surface area contributed by atoms with Crippen LogP contribution in [0.15, 0.2) is 70.8 Å². The number of thiazole rings is 1. The summed E-state index contributed by atoms with van der Waals surface area (Å²) < 4.78 is 54.6. The van der Waals surface area contributed by atoms with Crippen molar-refractivity contribution in [1.29, 1.82) is 0 Å². The van der Waals surface area contributed by atoms with Crippen molar-refractivity contribution in [2.75, 3.05) is 37.1 Å². The quantitative estimate of drug-likeness (QED) is 0.123. The van der Waals surface area contributed by atoms with Gasteiger partial charge < -0.3 is 19.5 Å². The first kappa shape index (κ1) is 31.8. The van der Waals surface area contributed by atoms with Crippen LogP contribution in [0.2, 0.25) is 0 Å². The summed E-state index contributed by atoms with van der Waals surface area (Å²) in [5.74, 6) is 1.68. The van der Waals surface area contributed by atoms with Gasteiger partial charge in [-0.2, -0.15) is 0 Å². The second kappa shape index (κ2) is 14.4. The number of halogens is 2. The van der Waals surface area contributed by atoms with E-state index in [1.165, 1.54) is 29.8 Å². The molecule has 0 aliphatic heterocycles. The molecular formula is C31H30BrFN4O5S2. The summed E-state index contributed by atoms with van der Waals surface area (Å²) in [6.07, 6.45) is 2.06. The molecule has 0 aliphatic carbocycles. The molecule has 0 bridgehead atoms. The summed E-state index contributed by atoms with van der Waals surface area (Å²) in [5, 5.41) is 6.97. The van der Waals surface area contributed by atoms with Crippen molar-refractivity contribution in [3.05, 3.63) is 87.2 Å². The summed E-state index contributed by atoms with van der Waals surface area (Å²) in [7, 11) is -1.45. The molecule has 1 N–H and O–H groups in total. The Morgan fingerprint density at radius 3 is 2.68 bits per heavy atom. The van der Waals surface area contributed by atoms with Crippen LogP contribution in [0.3, 0.4) is 0 Å². The predicted molar refractivity (Wildman–Crippen MR) is 174 cm³/mol. The van der Waals surface area contributed by atoms with Gasteiger partial charge in [-0.3, -0.25) is 0 Å². The van der Waals surface area contributed by atoms with E-state index in [0.29, 0.717) is 35.9 Å². The molecule has 0 aliphatic rings. The van der Waals surface area contributed by atoms with Crippen molar-refractivity contribution >= 4 is 59.5 Å². The molecular weight excluding hydrogens is 671 g/mol. The fourth-order valence-corrected chi connectivity index (χ4v) is 6.25. The lowest BCUT2D eigenvalue weighted by molar-refractivity contribution is 0.152. The molecule has 13 heteroatoms. The van der Waals surface area contributed by atoms with Crippen molar-refractivity contribution in [1.82, 2.24) is 15.0 Å². The van der Waals surface area contributed by atoms with Crippen LogP contribution in [0.1, 0.15) is 17.5 Å². The Balaban J connectivity index is 1.31. The molecule has 3 aromatic carbocycles. The third-order valence-electron chi connectivity index (χ3n) is 6.70. The molecule has 0 fully saturated rings. The maximum absolute atomic E-state index is 13.5. The summed E-state index contributed by atoms with van der Waals surface area (Å²) in [6.45, 7) is 2.42. The van der Waals surface area contributed by atoms with E-state index in [1.807, 2.05) is 41.8 Å². The minimum Gasteiger partial charge on any atom is -0.496 e. The lowest BCUT2D eigenvalue weighted by Gasteiger charge is -2.13. The summed E-state index contributed by atoms with van der Waals surface area (Å²) >= 11 is 5.07. The highest BCUT2D eigenvalue weighted by Gasteiger charge is 2.16. The third-order valence-corrected chi connectivity index (χ3v) is 9.90. The van der Waals surface area contributed by atoms with Gasteiger partial charge in [-0.15, -0.1) is 11.3 Å². The second-order valence-corrected chi connectivity index (χ2v) is 14.0. The van der Waals surface area contributed by atoms with Gasteiger partial charge in [-0.1, -0.05) is 19.1 Å². The minimum absolute atomic E-state index is 0.0186. The second-order valence-electron chi connectivity index (χ2n) is 9.71. The number of sulfone groups is 1. The zero-order valence-electron chi connectivity index (χ0n) is 24.0. The van der Waals surface area contributed by atoms with Crippen molar-refractivity contribution in [2.45, 2.75) is 20.0 Å². The van der Waals surface area contributed by atoms with Crippen molar-refractivity contribution in [2.24, 2.45) is 0 Å². The standard InChI is InChI=1S/C31H30BrFN4O5S2/c1-3-44(38,39)12-11-41-10-9-30-37-27(18-43-30)23-15-24-26(16-29(23)40-2)34-19-35-31(24)36-22-7-8-28(25(32)14-22)42-17-20-5-4-6-21(33)13-20/h4-8,13-16,18-19H,3,9-12,17H2,1-2H3,(H,34,35,36). The maximum Gasteiger partial charge on any atom is 0.152 e. The van der Waals surface area contributed by atoms with Crippen LogP contribution < -0.4 is 14.8 Å². The number of rotatable bonds is 14. The van der Waals surface area contributed by atoms with Crippen LogP contribution in [0.25, 0.3) is 22.2 Å². The van der Waals surface area contributed by atoms with E-state index in [0.717, 1.165) is 37.4 Å². The van der Waals surface area contributed by atoms with Crippen molar-refractivity contribution in [3.8, 4) is 22.8 Å². The summed E-state index contributed by atoms with van der Waals surface area (Å²) in [6, 6.07) is 15.7. The van der Waals surface area contributed by atoms with E-state index in [-0.39, 0.29) is 30.5 Å². The van der Waals surface area contributed by atoms with Crippen LogP contribution >= 0.6 is 27.3 Å². The zero-order valence-corrected chi connectivity index (χ0v) is 27.3. The average Bonchev–Trinajstić information content (AvgIpc) is 3.49. The first-order valence-electron chi connectivity index (χ1n) is 13.7. The number of anilines is 2. The van der Waals surface area contributed by atoms with E-state index in [9.17, 15) is 12.8 Å². The topological polar surface area (TPSA) is 113 Å². The minimum atomic E-state index is -3.05. The van der Waals surface area contributed by atoms with E-state index in [4.69, 9.17) is 19.2 Å². The molecule has 2 aromatic heterocycles. The maximum atomic E-state index is 13.5. The molecule has 9 nitrogen and oxygen atoms in total. The largest absolute Gasteiger partial charge is 0.496 e. The lowest BCUT2D eigenvalue weighted by Crippen LogP contribution is -2.14. The normalized spacial score (nSPS) is 11.5. The Kier molecular flexibility index (Phi) is 10.4. The molecule has 0 radical (unpaired) electrons. The SMILES string of the molecule is CCS(=O)(=O)CCOCCc1nc(-c2cc3c(Nc4ccc(OCc5cccc(F)c5)c(Br)c4)ncnc3cc2OC)cs1. The van der Waals surface area contributed by atoms with E-state index < -0.39 is 9.84 Å². The highest BCUT2D eigenvalue weighted by molar-refractivity contribution is 9.10. The third kappa shape index (κ3) is 8.08. The van der Waals surface area contributed by atoms with Crippen LogP contribution in [0, 0.1) is 5.82 Å². The van der Waals surface area contributed by atoms with Gasteiger partial charge in [-0.05, 0) is 57.9 Å². The van der Waals surface area contributed by atoms with Gasteiger partial charge in [0.1, 0.15) is 36.1 Å². The van der Waals surface area contributed by atoms with Crippen LogP contribution in [0.4, 0.5) is 15.9 Å². The molecule has 5 aromatic rings. The summed E-state index contributed by atoms with van der Waals surface area (Å²) in [5.41, 5.74) is 3.74. The van der Waals surface area contributed by atoms with Crippen LogP contribution in [-0.4, -0.2) is 55.2 Å². The molecule has 0 amide bonds. The number of ether oxygens (including phenoxy) is 3. The average molecular weight is 702 g/mol. The Morgan fingerprint density at radius 2 is 1.91 bits per heavy atom. The first-order valence-corrected chi connectivity index (χ1v) is 17.2. The molecule has 2 heterocycles. The number of hydrogen-bond acceptors (Lipinski definition) is 10. The zero-order chi connectivity index (χ0) is 31.1. The number of fused-ring (bicyclic) bond motifs is 1. The highest BCUT2D eigenvalue weighted by Crippen LogP contribution is 2.37. The fourth-order valence-electron chi connectivity index (χ4n) is 4.31. The van der Waals surface area contributed by atoms with Crippen LogP contribution in [0.5, 0.6) is 11.5 Å². The lowest BCUT2D eigenvalue weighted by atomic mass is 10.1. The molecule has 0 spiro atoms. The summed E-state index contributed by atoms with van der Waals surface area (Å²) in [4.78, 5) is 13.7. The van der Waals surface area contributed by atoms with Gasteiger partial charge in [0.2, 0.25) is 0 Å². The smallest absolute Gasteiger partial charge is 0.152 e. The monoisotopic (exact) mass is 700 g/mol. The molecule has 5 rings (SSSR count). The van der Waals surface area contributed by atoms with Gasteiger partial charge in [0, 0.05) is 40.3 Å². The Hall–Kier alpha value is -3.65. The number of benzene rings is 3. The highest BCUT2D eigenvalue weighted by atomic mass is 79.9. The Labute approximate surface area is 267 Å². The van der Waals surface area contributed by atoms with Gasteiger partial charge >= 0.3 is 0 Å². The van der Waals surface area contributed by atoms with Gasteiger partial charge in [-0.25, -0.2) is 27.8 Å². The van der Waals surface area contributed by atoms with Crippen molar-refractivity contribution in [3.63, 3.8) is 0 Å². The predicted octanol–water partition coefficient (Wildman–Crippen LogP) is 6.98. The molecule has 0 saturated heterocycles. The molecule has 0 atom stereocenters. The number of aromatic nitrogens is 3. The molecule has 230 valence electrons. The van der Waals surface area contributed by atoms with Gasteiger partial charge in [0.05, 0.1) is 46.8 Å². The van der Waals surface area contributed by atoms with Gasteiger partial charge in [0.25, 0.3) is 0 Å². The molecule has 0 unspecified atom stereocenters. The van der Waals surface area contributed by atoms with E-state index in [1.54, 1.807) is 20.1 Å². The van der Waals surface area contributed by atoms with E-state index in [2.05, 4.69) is 31.2 Å². The number of methoxy groups -OCH3 is 1. The Morgan fingerprint density at radius 1 is 1.05 bits per heavy atom. The fraction of sp³-hybridized carbons (Fsp3) is 0.258. The Bertz CT molecular complexity index is 1870. The molecule has 44 heavy (non-hydrogen) atoms. The number of hydrogen-bond donors (Lipinski definition) is 1. The number of nitrogens with zero attached hydrogens (tertiary/aromatic N) is 3. The first-order chi connectivity index (χ1) is 21.2. The molecule has 0 saturated carbocycles. The number of nitrogens with one attached hydrogen (secondary N) is 1. The van der Waals surface area contributed by atoms with Crippen molar-refractivity contribution < 1.29 is 27.0 Å². The van der Waals surface area contributed by atoms with E-state index >= 15 is 0 Å². The van der Waals surface area contributed by atoms with Gasteiger partial charge in [0.15, 0.2) is 9.84 Å².